The van der Waals surface area contributed by atoms with E-state index in [4.69, 9.17) is 0 Å². The highest BCUT2D eigenvalue weighted by atomic mass is 14.0. The Hall–Kier alpha value is -0.260. The van der Waals surface area contributed by atoms with Crippen LogP contribution < -0.4 is 0 Å². The summed E-state index contributed by atoms with van der Waals surface area (Å²) in [4.78, 5) is 0. The molecule has 106 valence electrons. The van der Waals surface area contributed by atoms with Crippen molar-refractivity contribution >= 4 is 0 Å². The fraction of sp³-hybridized carbons (Fsp3) is 0.889. The number of allylic oxidation sites excluding steroid dienone is 2. The molecule has 0 N–H and O–H groups in total. The van der Waals surface area contributed by atoms with Crippen LogP contribution in [0.4, 0.5) is 0 Å². The highest BCUT2D eigenvalue weighted by molar-refractivity contribution is 4.97. The molecule has 0 atom stereocenters. The molecule has 0 bridgehead atoms. The first-order valence-corrected chi connectivity index (χ1v) is 8.55. The van der Waals surface area contributed by atoms with Gasteiger partial charge in [0.05, 0.1) is 0 Å². The Labute approximate surface area is 115 Å². The maximum absolute atomic E-state index is 2.50. The molecule has 1 aliphatic rings. The van der Waals surface area contributed by atoms with Gasteiger partial charge in [-0.1, -0.05) is 82.3 Å². The number of rotatable bonds is 0. The largest absolute Gasteiger partial charge is 0.0856 e. The quantitative estimate of drug-likeness (QED) is 0.415. The van der Waals surface area contributed by atoms with E-state index in [1.54, 1.807) is 5.57 Å². The average molecular weight is 250 g/mol. The third kappa shape index (κ3) is 9.74. The van der Waals surface area contributed by atoms with Gasteiger partial charge in [-0.05, 0) is 32.6 Å². The third-order valence-corrected chi connectivity index (χ3v) is 4.27. The van der Waals surface area contributed by atoms with Crippen molar-refractivity contribution in [1.29, 1.82) is 0 Å². The van der Waals surface area contributed by atoms with Gasteiger partial charge in [-0.25, -0.2) is 0 Å². The van der Waals surface area contributed by atoms with Crippen molar-refractivity contribution in [2.45, 2.75) is 103 Å². The van der Waals surface area contributed by atoms with Crippen LogP contribution in [0.3, 0.4) is 0 Å². The van der Waals surface area contributed by atoms with Crippen molar-refractivity contribution in [1.82, 2.24) is 0 Å². The molecule has 0 amide bonds. The van der Waals surface area contributed by atoms with Crippen LogP contribution in [0.1, 0.15) is 103 Å². The Balaban J connectivity index is 2.17. The van der Waals surface area contributed by atoms with Crippen LogP contribution in [0.15, 0.2) is 11.6 Å². The Bertz CT molecular complexity index is 202. The van der Waals surface area contributed by atoms with Crippen LogP contribution in [0, 0.1) is 0 Å². The normalized spacial score (nSPS) is 23.1. The molecule has 0 saturated heterocycles. The fourth-order valence-electron chi connectivity index (χ4n) is 2.94. The first-order valence-electron chi connectivity index (χ1n) is 8.55. The highest BCUT2D eigenvalue weighted by Gasteiger charge is 1.96. The molecule has 0 spiro atoms. The molecular formula is C18H34. The van der Waals surface area contributed by atoms with Crippen molar-refractivity contribution in [3.8, 4) is 0 Å². The van der Waals surface area contributed by atoms with E-state index < -0.39 is 0 Å². The summed E-state index contributed by atoms with van der Waals surface area (Å²) in [6.45, 7) is 2.33. The lowest BCUT2D eigenvalue weighted by Crippen LogP contribution is -1.83. The fourth-order valence-corrected chi connectivity index (χ4v) is 2.94. The summed E-state index contributed by atoms with van der Waals surface area (Å²) in [5.41, 5.74) is 1.64. The Morgan fingerprint density at radius 2 is 0.944 bits per heavy atom. The molecule has 0 aliphatic heterocycles. The van der Waals surface area contributed by atoms with E-state index in [0.717, 1.165) is 0 Å². The topological polar surface area (TPSA) is 0 Å². The van der Waals surface area contributed by atoms with Crippen molar-refractivity contribution in [3.05, 3.63) is 11.6 Å². The Morgan fingerprint density at radius 3 is 1.44 bits per heavy atom. The van der Waals surface area contributed by atoms with Gasteiger partial charge in [-0.15, -0.1) is 0 Å². The number of hydrogen-bond acceptors (Lipinski definition) is 0. The summed E-state index contributed by atoms with van der Waals surface area (Å²) >= 11 is 0. The van der Waals surface area contributed by atoms with E-state index in [-0.39, 0.29) is 0 Å². The summed E-state index contributed by atoms with van der Waals surface area (Å²) in [5, 5.41) is 0. The zero-order valence-electron chi connectivity index (χ0n) is 12.7. The minimum atomic E-state index is 1.33. The van der Waals surface area contributed by atoms with Gasteiger partial charge in [0.1, 0.15) is 0 Å². The summed E-state index contributed by atoms with van der Waals surface area (Å²) < 4.78 is 0. The smallest absolute Gasteiger partial charge is 0.0323 e. The molecule has 0 saturated carbocycles. The minimum absolute atomic E-state index is 1.33. The summed E-state index contributed by atoms with van der Waals surface area (Å²) in [7, 11) is 0. The first-order chi connectivity index (χ1) is 8.89. The van der Waals surface area contributed by atoms with E-state index in [9.17, 15) is 0 Å². The molecule has 1 aliphatic carbocycles. The van der Waals surface area contributed by atoms with Crippen molar-refractivity contribution < 1.29 is 0 Å². The summed E-state index contributed by atoms with van der Waals surface area (Å²) in [5.74, 6) is 0. The van der Waals surface area contributed by atoms with Crippen molar-refractivity contribution in [2.75, 3.05) is 0 Å². The van der Waals surface area contributed by atoms with Gasteiger partial charge in [0.15, 0.2) is 0 Å². The second kappa shape index (κ2) is 11.8. The molecule has 0 aromatic heterocycles. The predicted molar refractivity (Wildman–Crippen MR) is 83.0 cm³/mol. The molecular weight excluding hydrogens is 216 g/mol. The molecule has 0 unspecified atom stereocenters. The zero-order chi connectivity index (χ0) is 12.9. The maximum Gasteiger partial charge on any atom is -0.0323 e. The standard InChI is InChI=1S/C18H34/c1-18-16-14-12-10-8-6-4-2-3-5-7-9-11-13-15-17-18/h16H,2-15,17H2,1H3. The third-order valence-electron chi connectivity index (χ3n) is 4.27. The van der Waals surface area contributed by atoms with Gasteiger partial charge in [0.25, 0.3) is 0 Å². The van der Waals surface area contributed by atoms with Crippen LogP contribution in [0.2, 0.25) is 0 Å². The SMILES string of the molecule is CC1=CCCCCCCCCCCCCCCC1. The van der Waals surface area contributed by atoms with E-state index in [1.165, 1.54) is 96.3 Å². The van der Waals surface area contributed by atoms with E-state index in [0.29, 0.717) is 0 Å². The molecule has 0 aromatic rings. The second-order valence-electron chi connectivity index (χ2n) is 6.19. The molecule has 1 rings (SSSR count). The molecule has 0 radical (unpaired) electrons. The van der Waals surface area contributed by atoms with Crippen LogP contribution in [-0.4, -0.2) is 0 Å². The molecule has 0 heterocycles. The highest BCUT2D eigenvalue weighted by Crippen LogP contribution is 2.16. The Kier molecular flexibility index (Phi) is 10.4. The van der Waals surface area contributed by atoms with Gasteiger partial charge in [0, 0.05) is 0 Å². The lowest BCUT2D eigenvalue weighted by molar-refractivity contribution is 0.539. The first kappa shape index (κ1) is 15.8. The van der Waals surface area contributed by atoms with Crippen LogP contribution in [0.5, 0.6) is 0 Å². The predicted octanol–water partition coefficient (Wildman–Crippen LogP) is 6.80. The van der Waals surface area contributed by atoms with Gasteiger partial charge < -0.3 is 0 Å². The van der Waals surface area contributed by atoms with Gasteiger partial charge in [0.2, 0.25) is 0 Å². The van der Waals surface area contributed by atoms with E-state index in [2.05, 4.69) is 13.0 Å². The van der Waals surface area contributed by atoms with Gasteiger partial charge >= 0.3 is 0 Å². The molecule has 0 heteroatoms. The zero-order valence-corrected chi connectivity index (χ0v) is 12.7. The second-order valence-corrected chi connectivity index (χ2v) is 6.19. The molecule has 0 aromatic carbocycles. The lowest BCUT2D eigenvalue weighted by Gasteiger charge is -2.03. The summed E-state index contributed by atoms with van der Waals surface area (Å²) in [6.07, 6.45) is 24.2. The average Bonchev–Trinajstić information content (AvgIpc) is 2.37. The summed E-state index contributed by atoms with van der Waals surface area (Å²) in [6, 6.07) is 0. The minimum Gasteiger partial charge on any atom is -0.0856 e. The molecule has 0 nitrogen and oxygen atoms in total. The van der Waals surface area contributed by atoms with E-state index >= 15 is 0 Å². The monoisotopic (exact) mass is 250 g/mol. The van der Waals surface area contributed by atoms with Crippen LogP contribution in [0.25, 0.3) is 0 Å². The lowest BCUT2D eigenvalue weighted by atomic mass is 10.0. The maximum atomic E-state index is 2.50. The Morgan fingerprint density at radius 1 is 0.556 bits per heavy atom. The van der Waals surface area contributed by atoms with Gasteiger partial charge in [-0.3, -0.25) is 0 Å². The van der Waals surface area contributed by atoms with E-state index in [1.807, 2.05) is 0 Å². The molecule has 0 fully saturated rings. The van der Waals surface area contributed by atoms with Crippen molar-refractivity contribution in [3.63, 3.8) is 0 Å². The van der Waals surface area contributed by atoms with Crippen molar-refractivity contribution in [2.24, 2.45) is 0 Å². The van der Waals surface area contributed by atoms with Crippen LogP contribution >= 0.6 is 0 Å². The van der Waals surface area contributed by atoms with Crippen LogP contribution in [-0.2, 0) is 0 Å². The van der Waals surface area contributed by atoms with Gasteiger partial charge in [-0.2, -0.15) is 0 Å². The molecule has 18 heavy (non-hydrogen) atoms. The number of hydrogen-bond donors (Lipinski definition) is 0.